The van der Waals surface area contributed by atoms with Crippen molar-refractivity contribution in [3.8, 4) is 0 Å². The Morgan fingerprint density at radius 1 is 0.964 bits per heavy atom. The van der Waals surface area contributed by atoms with Crippen molar-refractivity contribution in [3.05, 3.63) is 65.7 Å². The first-order valence-electron chi connectivity index (χ1n) is 9.28. The summed E-state index contributed by atoms with van der Waals surface area (Å²) in [5, 5.41) is 5.49. The fraction of sp³-hybridized carbons (Fsp3) is 0.318. The van der Waals surface area contributed by atoms with Crippen LogP contribution < -0.4 is 10.6 Å². The number of carbonyl (C=O) groups is 3. The van der Waals surface area contributed by atoms with Crippen LogP contribution in [-0.4, -0.2) is 29.9 Å². The third kappa shape index (κ3) is 6.87. The van der Waals surface area contributed by atoms with Gasteiger partial charge in [-0.25, -0.2) is 4.79 Å². The van der Waals surface area contributed by atoms with Crippen LogP contribution >= 0.6 is 0 Å². The summed E-state index contributed by atoms with van der Waals surface area (Å²) >= 11 is 0. The van der Waals surface area contributed by atoms with E-state index in [9.17, 15) is 14.4 Å². The largest absolute Gasteiger partial charge is 0.449 e. The van der Waals surface area contributed by atoms with Crippen molar-refractivity contribution < 1.29 is 19.1 Å². The molecule has 148 valence electrons. The van der Waals surface area contributed by atoms with Crippen LogP contribution in [0.2, 0.25) is 0 Å². The quantitative estimate of drug-likeness (QED) is 0.686. The minimum Gasteiger partial charge on any atom is -0.449 e. The molecule has 2 N–H and O–H groups in total. The summed E-state index contributed by atoms with van der Waals surface area (Å²) in [7, 11) is 0. The number of hydrogen-bond donors (Lipinski definition) is 2. The van der Waals surface area contributed by atoms with E-state index in [1.165, 1.54) is 12.5 Å². The van der Waals surface area contributed by atoms with Gasteiger partial charge >= 0.3 is 5.97 Å². The third-order valence-electron chi connectivity index (χ3n) is 4.19. The Morgan fingerprint density at radius 3 is 2.21 bits per heavy atom. The second-order valence-electron chi connectivity index (χ2n) is 6.74. The van der Waals surface area contributed by atoms with Gasteiger partial charge in [0, 0.05) is 18.7 Å². The van der Waals surface area contributed by atoms with E-state index in [0.717, 1.165) is 12.8 Å². The van der Waals surface area contributed by atoms with Gasteiger partial charge in [-0.1, -0.05) is 30.3 Å². The molecule has 0 aliphatic rings. The topological polar surface area (TPSA) is 84.5 Å². The van der Waals surface area contributed by atoms with Crippen molar-refractivity contribution in [1.29, 1.82) is 0 Å². The third-order valence-corrected chi connectivity index (χ3v) is 4.19. The fourth-order valence-electron chi connectivity index (χ4n) is 2.64. The average molecular weight is 382 g/mol. The predicted molar refractivity (Wildman–Crippen MR) is 108 cm³/mol. The molecule has 0 aromatic heterocycles. The van der Waals surface area contributed by atoms with E-state index in [4.69, 9.17) is 4.74 Å². The average Bonchev–Trinajstić information content (AvgIpc) is 2.67. The van der Waals surface area contributed by atoms with E-state index in [0.29, 0.717) is 11.3 Å². The lowest BCUT2D eigenvalue weighted by Crippen LogP contribution is -2.41. The van der Waals surface area contributed by atoms with Crippen LogP contribution in [0.3, 0.4) is 0 Å². The number of anilines is 1. The summed E-state index contributed by atoms with van der Waals surface area (Å²) in [5.41, 5.74) is 2.11. The van der Waals surface area contributed by atoms with E-state index in [1.54, 1.807) is 31.2 Å². The molecule has 2 aromatic carbocycles. The monoisotopic (exact) mass is 382 g/mol. The first kappa shape index (κ1) is 21.2. The molecule has 0 spiro atoms. The Bertz CT molecular complexity index is 803. The molecule has 0 heterocycles. The number of carbonyl (C=O) groups excluding carboxylic acids is 3. The number of nitrogens with one attached hydrogen (secondary N) is 2. The number of ether oxygens (including phenoxy) is 1. The zero-order valence-electron chi connectivity index (χ0n) is 16.4. The maximum Gasteiger partial charge on any atom is 0.338 e. The highest BCUT2D eigenvalue weighted by atomic mass is 16.5. The number of hydrogen-bond acceptors (Lipinski definition) is 4. The van der Waals surface area contributed by atoms with Gasteiger partial charge in [-0.2, -0.15) is 0 Å². The smallest absolute Gasteiger partial charge is 0.338 e. The first-order valence-corrected chi connectivity index (χ1v) is 9.28. The zero-order valence-corrected chi connectivity index (χ0v) is 16.4. The van der Waals surface area contributed by atoms with Gasteiger partial charge in [0.15, 0.2) is 6.10 Å². The number of aryl methyl sites for hydroxylation is 1. The molecule has 2 amide bonds. The van der Waals surface area contributed by atoms with Gasteiger partial charge in [0.1, 0.15) is 0 Å². The number of esters is 1. The molecule has 0 saturated heterocycles. The highest BCUT2D eigenvalue weighted by Crippen LogP contribution is 2.12. The number of amides is 2. The molecule has 28 heavy (non-hydrogen) atoms. The maximum atomic E-state index is 12.3. The second-order valence-corrected chi connectivity index (χ2v) is 6.74. The molecular formula is C22H26N2O4. The van der Waals surface area contributed by atoms with Gasteiger partial charge in [-0.15, -0.1) is 0 Å². The Balaban J connectivity index is 1.80. The van der Waals surface area contributed by atoms with E-state index in [1.807, 2.05) is 25.1 Å². The molecule has 0 bridgehead atoms. The van der Waals surface area contributed by atoms with Crippen molar-refractivity contribution in [2.75, 3.05) is 5.32 Å². The van der Waals surface area contributed by atoms with Crippen LogP contribution in [0.25, 0.3) is 0 Å². The highest BCUT2D eigenvalue weighted by Gasteiger charge is 2.20. The van der Waals surface area contributed by atoms with Gasteiger partial charge in [0.25, 0.3) is 5.91 Å². The van der Waals surface area contributed by atoms with E-state index in [-0.39, 0.29) is 17.9 Å². The predicted octanol–water partition coefficient (Wildman–Crippen LogP) is 3.33. The Morgan fingerprint density at radius 2 is 1.61 bits per heavy atom. The molecule has 2 aromatic rings. The normalized spacial score (nSPS) is 12.5. The van der Waals surface area contributed by atoms with E-state index >= 15 is 0 Å². The van der Waals surface area contributed by atoms with Crippen molar-refractivity contribution in [2.24, 2.45) is 0 Å². The SMILES string of the molecule is CC(=O)Nc1ccc(C(=O)O[C@H](C)C(=O)N[C@H](C)CCc2ccccc2)cc1. The van der Waals surface area contributed by atoms with Crippen LogP contribution in [0.1, 0.15) is 43.1 Å². The Hall–Kier alpha value is -3.15. The van der Waals surface area contributed by atoms with Crippen LogP contribution in [0.4, 0.5) is 5.69 Å². The molecule has 2 atom stereocenters. The standard InChI is InChI=1S/C22H26N2O4/c1-15(9-10-18-7-5-4-6-8-18)23-21(26)16(2)28-22(27)19-11-13-20(14-12-19)24-17(3)25/h4-8,11-16H,9-10H2,1-3H3,(H,23,26)(H,24,25)/t15-,16-/m1/s1. The van der Waals surface area contributed by atoms with Crippen molar-refractivity contribution in [1.82, 2.24) is 5.32 Å². The maximum absolute atomic E-state index is 12.3. The molecular weight excluding hydrogens is 356 g/mol. The number of benzene rings is 2. The van der Waals surface area contributed by atoms with Gasteiger partial charge in [0.05, 0.1) is 5.56 Å². The van der Waals surface area contributed by atoms with Crippen molar-refractivity contribution in [3.63, 3.8) is 0 Å². The molecule has 0 fully saturated rings. The summed E-state index contributed by atoms with van der Waals surface area (Å²) in [5.74, 6) is -1.11. The highest BCUT2D eigenvalue weighted by molar-refractivity contribution is 5.93. The summed E-state index contributed by atoms with van der Waals surface area (Å²) in [6, 6.07) is 16.3. The fourth-order valence-corrected chi connectivity index (χ4v) is 2.64. The minimum absolute atomic E-state index is 0.0363. The van der Waals surface area contributed by atoms with E-state index < -0.39 is 12.1 Å². The van der Waals surface area contributed by atoms with E-state index in [2.05, 4.69) is 22.8 Å². The summed E-state index contributed by atoms with van der Waals surface area (Å²) in [6.45, 7) is 4.88. The van der Waals surface area contributed by atoms with Crippen LogP contribution in [0, 0.1) is 0 Å². The lowest BCUT2D eigenvalue weighted by atomic mass is 10.1. The molecule has 0 unspecified atom stereocenters. The van der Waals surface area contributed by atoms with Gasteiger partial charge in [-0.3, -0.25) is 9.59 Å². The summed E-state index contributed by atoms with van der Waals surface area (Å²) in [4.78, 5) is 35.5. The van der Waals surface area contributed by atoms with Crippen LogP contribution in [0.5, 0.6) is 0 Å². The van der Waals surface area contributed by atoms with Crippen LogP contribution in [0.15, 0.2) is 54.6 Å². The summed E-state index contributed by atoms with van der Waals surface area (Å²) in [6.07, 6.45) is 0.750. The Kier molecular flexibility index (Phi) is 7.75. The van der Waals surface area contributed by atoms with Crippen LogP contribution in [-0.2, 0) is 20.7 Å². The number of rotatable bonds is 8. The molecule has 2 rings (SSSR count). The zero-order chi connectivity index (χ0) is 20.5. The minimum atomic E-state index is -0.901. The van der Waals surface area contributed by atoms with Gasteiger partial charge in [-0.05, 0) is 56.5 Å². The molecule has 0 aliphatic heterocycles. The Labute approximate surface area is 165 Å². The van der Waals surface area contributed by atoms with Crippen molar-refractivity contribution in [2.45, 2.75) is 45.8 Å². The van der Waals surface area contributed by atoms with Gasteiger partial charge in [0.2, 0.25) is 5.91 Å². The molecule has 0 radical (unpaired) electrons. The first-order chi connectivity index (χ1) is 13.3. The lowest BCUT2D eigenvalue weighted by Gasteiger charge is -2.18. The molecule has 0 saturated carbocycles. The molecule has 0 aliphatic carbocycles. The molecule has 6 heteroatoms. The second kappa shape index (κ2) is 10.3. The molecule has 6 nitrogen and oxygen atoms in total. The summed E-state index contributed by atoms with van der Waals surface area (Å²) < 4.78 is 5.24. The van der Waals surface area contributed by atoms with Crippen molar-refractivity contribution >= 4 is 23.5 Å². The van der Waals surface area contributed by atoms with Gasteiger partial charge < -0.3 is 15.4 Å². The lowest BCUT2D eigenvalue weighted by molar-refractivity contribution is -0.129.